The van der Waals surface area contributed by atoms with Crippen LogP contribution in [-0.4, -0.2) is 59.1 Å². The highest BCUT2D eigenvalue weighted by molar-refractivity contribution is 6.13. The monoisotopic (exact) mass is 432 g/mol. The molecule has 0 spiro atoms. The van der Waals surface area contributed by atoms with Gasteiger partial charge in [-0.3, -0.25) is 4.79 Å². The number of unbranched alkanes of at least 4 members (excludes halogenated alkanes) is 1. The van der Waals surface area contributed by atoms with Crippen LogP contribution in [0.1, 0.15) is 52.9 Å². The lowest BCUT2D eigenvalue weighted by molar-refractivity contribution is -0.157. The molecule has 0 aromatic heterocycles. The van der Waals surface area contributed by atoms with Crippen molar-refractivity contribution in [1.82, 2.24) is 0 Å². The maximum atomic E-state index is 13.5. The summed E-state index contributed by atoms with van der Waals surface area (Å²) in [7, 11) is 1.49. The van der Waals surface area contributed by atoms with Gasteiger partial charge in [-0.15, -0.1) is 0 Å². The first-order chi connectivity index (χ1) is 14.6. The Bertz CT molecular complexity index is 913. The molecule has 0 aromatic carbocycles. The van der Waals surface area contributed by atoms with Gasteiger partial charge in [-0.2, -0.15) is 0 Å². The van der Waals surface area contributed by atoms with Crippen LogP contribution in [0.15, 0.2) is 34.1 Å². The predicted molar refractivity (Wildman–Crippen MR) is 112 cm³/mol. The van der Waals surface area contributed by atoms with E-state index in [0.29, 0.717) is 36.8 Å². The number of cyclic esters (lactones) is 1. The Morgan fingerprint density at radius 2 is 1.94 bits per heavy atom. The number of hydrogen-bond donors (Lipinski definition) is 3. The number of aliphatic hydroxyl groups excluding tert-OH is 3. The summed E-state index contributed by atoms with van der Waals surface area (Å²) in [5.41, 5.74) is -0.476. The first kappa shape index (κ1) is 22.2. The number of fused-ring (bicyclic) bond motifs is 4. The van der Waals surface area contributed by atoms with Crippen molar-refractivity contribution in [3.63, 3.8) is 0 Å². The smallest absolute Gasteiger partial charge is 0.338 e. The number of Topliss-reactive ketones (excluding diaryl/α,β-unsaturated/α-hetero) is 1. The molecule has 1 saturated heterocycles. The van der Waals surface area contributed by atoms with Crippen LogP contribution in [0.5, 0.6) is 0 Å². The van der Waals surface area contributed by atoms with Gasteiger partial charge in [-0.05, 0) is 44.1 Å². The highest BCUT2D eigenvalue weighted by Gasteiger charge is 2.63. The molecule has 6 unspecified atom stereocenters. The van der Waals surface area contributed by atoms with Crippen LogP contribution in [-0.2, 0) is 19.1 Å². The maximum Gasteiger partial charge on any atom is 0.338 e. The zero-order chi connectivity index (χ0) is 22.7. The second-order valence-electron chi connectivity index (χ2n) is 9.71. The number of rotatable bonds is 4. The second kappa shape index (κ2) is 7.57. The summed E-state index contributed by atoms with van der Waals surface area (Å²) in [6, 6.07) is 0. The molecule has 31 heavy (non-hydrogen) atoms. The van der Waals surface area contributed by atoms with E-state index in [4.69, 9.17) is 9.47 Å². The van der Waals surface area contributed by atoms with Crippen LogP contribution in [0.25, 0.3) is 0 Å². The molecule has 4 rings (SSSR count). The van der Waals surface area contributed by atoms with E-state index in [-0.39, 0.29) is 23.7 Å². The van der Waals surface area contributed by atoms with E-state index in [1.54, 1.807) is 6.08 Å². The first-order valence-electron chi connectivity index (χ1n) is 11.1. The van der Waals surface area contributed by atoms with Crippen LogP contribution >= 0.6 is 0 Å². The van der Waals surface area contributed by atoms with Crippen molar-refractivity contribution in [3.05, 3.63) is 34.1 Å². The summed E-state index contributed by atoms with van der Waals surface area (Å²) >= 11 is 0. The Balaban J connectivity index is 1.98. The fourth-order valence-electron chi connectivity index (χ4n) is 6.36. The average molecular weight is 433 g/mol. The number of aliphatic hydroxyl groups is 3. The lowest BCUT2D eigenvalue weighted by Gasteiger charge is -2.53. The van der Waals surface area contributed by atoms with Crippen LogP contribution in [0.3, 0.4) is 0 Å². The normalized spacial score (nSPS) is 41.3. The molecule has 0 bridgehead atoms. The molecular formula is C24H32O7. The van der Waals surface area contributed by atoms with Gasteiger partial charge in [0.2, 0.25) is 5.78 Å². The van der Waals surface area contributed by atoms with Crippen molar-refractivity contribution in [2.24, 2.45) is 16.7 Å². The molecule has 170 valence electrons. The maximum absolute atomic E-state index is 13.5. The molecule has 7 heteroatoms. The second-order valence-corrected chi connectivity index (χ2v) is 9.71. The highest BCUT2D eigenvalue weighted by Crippen LogP contribution is 2.62. The van der Waals surface area contributed by atoms with Gasteiger partial charge in [0.15, 0.2) is 5.76 Å². The van der Waals surface area contributed by atoms with Crippen molar-refractivity contribution in [1.29, 1.82) is 0 Å². The van der Waals surface area contributed by atoms with E-state index in [9.17, 15) is 24.9 Å². The molecule has 3 N–H and O–H groups in total. The van der Waals surface area contributed by atoms with Crippen molar-refractivity contribution < 1.29 is 34.4 Å². The fraction of sp³-hybridized carbons (Fsp3) is 0.667. The average Bonchev–Trinajstić information content (AvgIpc) is 3.00. The molecule has 3 aliphatic carbocycles. The van der Waals surface area contributed by atoms with Crippen molar-refractivity contribution in [2.75, 3.05) is 13.7 Å². The third-order valence-corrected chi connectivity index (χ3v) is 8.00. The number of carbonyl (C=O) groups excluding carboxylic acids is 2. The third-order valence-electron chi connectivity index (χ3n) is 8.00. The van der Waals surface area contributed by atoms with Gasteiger partial charge in [-0.1, -0.05) is 26.3 Å². The van der Waals surface area contributed by atoms with Crippen LogP contribution in [0, 0.1) is 16.7 Å². The van der Waals surface area contributed by atoms with Crippen molar-refractivity contribution in [3.8, 4) is 0 Å². The van der Waals surface area contributed by atoms with Gasteiger partial charge in [-0.25, -0.2) is 4.79 Å². The minimum atomic E-state index is -1.11. The van der Waals surface area contributed by atoms with Crippen LogP contribution in [0.4, 0.5) is 0 Å². The Morgan fingerprint density at radius 3 is 2.58 bits per heavy atom. The minimum Gasteiger partial charge on any atom is -0.504 e. The summed E-state index contributed by atoms with van der Waals surface area (Å²) in [5, 5.41) is 33.1. The van der Waals surface area contributed by atoms with Crippen LogP contribution in [0.2, 0.25) is 0 Å². The van der Waals surface area contributed by atoms with E-state index in [0.717, 1.165) is 6.42 Å². The summed E-state index contributed by atoms with van der Waals surface area (Å²) in [4.78, 5) is 26.4. The fourth-order valence-corrected chi connectivity index (χ4v) is 6.36. The number of methoxy groups -OCH3 is 1. The minimum absolute atomic E-state index is 0.0579. The highest BCUT2D eigenvalue weighted by atomic mass is 16.6. The number of esters is 1. The van der Waals surface area contributed by atoms with Gasteiger partial charge in [0, 0.05) is 23.7 Å². The van der Waals surface area contributed by atoms with Crippen molar-refractivity contribution in [2.45, 2.75) is 71.2 Å². The number of ether oxygens (including phenoxy) is 2. The quantitative estimate of drug-likeness (QED) is 0.462. The molecule has 4 aliphatic rings. The SMILES string of the molecule is CCC/C=C1/C(=O)OC(COC)C2(C)C1=C(O)C(=O)C1=C2C(O)CC2(C)C(O)CCC12. The Hall–Kier alpha value is -1.96. The molecule has 0 radical (unpaired) electrons. The van der Waals surface area contributed by atoms with Crippen molar-refractivity contribution >= 4 is 11.8 Å². The summed E-state index contributed by atoms with van der Waals surface area (Å²) in [6.07, 6.45) is 2.06. The van der Waals surface area contributed by atoms with Gasteiger partial charge in [0.05, 0.1) is 29.8 Å². The predicted octanol–water partition coefficient (Wildman–Crippen LogP) is 2.52. The lowest BCUT2D eigenvalue weighted by atomic mass is 9.53. The molecule has 1 heterocycles. The molecule has 7 nitrogen and oxygen atoms in total. The third kappa shape index (κ3) is 2.90. The zero-order valence-corrected chi connectivity index (χ0v) is 18.6. The number of allylic oxidation sites excluding steroid dienone is 2. The Labute approximate surface area is 182 Å². The molecule has 1 saturated carbocycles. The van der Waals surface area contributed by atoms with Gasteiger partial charge in [0.1, 0.15) is 6.10 Å². The van der Waals surface area contributed by atoms with E-state index >= 15 is 0 Å². The van der Waals surface area contributed by atoms with E-state index < -0.39 is 46.7 Å². The number of hydrogen-bond acceptors (Lipinski definition) is 7. The van der Waals surface area contributed by atoms with E-state index in [1.165, 1.54) is 7.11 Å². The molecule has 0 aromatic rings. The summed E-state index contributed by atoms with van der Waals surface area (Å²) in [6.45, 7) is 5.74. The molecule has 6 atom stereocenters. The largest absolute Gasteiger partial charge is 0.504 e. The molecule has 2 fully saturated rings. The van der Waals surface area contributed by atoms with Gasteiger partial charge < -0.3 is 24.8 Å². The topological polar surface area (TPSA) is 113 Å². The first-order valence-corrected chi connectivity index (χ1v) is 11.1. The molecule has 0 amide bonds. The Kier molecular flexibility index (Phi) is 5.43. The lowest BCUT2D eigenvalue weighted by Crippen LogP contribution is -2.56. The van der Waals surface area contributed by atoms with E-state index in [2.05, 4.69) is 0 Å². The summed E-state index contributed by atoms with van der Waals surface area (Å²) in [5.74, 6) is -1.89. The zero-order valence-electron chi connectivity index (χ0n) is 18.6. The number of ketones is 1. The van der Waals surface area contributed by atoms with Crippen LogP contribution < -0.4 is 0 Å². The molecule has 1 aliphatic heterocycles. The Morgan fingerprint density at radius 1 is 1.23 bits per heavy atom. The summed E-state index contributed by atoms with van der Waals surface area (Å²) < 4.78 is 11.1. The number of carbonyl (C=O) groups is 2. The molecular weight excluding hydrogens is 400 g/mol. The van der Waals surface area contributed by atoms with Gasteiger partial charge in [0.25, 0.3) is 0 Å². The van der Waals surface area contributed by atoms with E-state index in [1.807, 2.05) is 20.8 Å². The van der Waals surface area contributed by atoms with Gasteiger partial charge >= 0.3 is 5.97 Å². The standard InChI is InChI=1S/C24H32O7/c1-5-6-7-12-18-21(28)20(27)17-13-8-9-15(26)23(13,2)10-14(25)19(17)24(18,3)16(11-30-4)31-22(12)29/h7,13-16,25-26,28H,5-6,8-11H2,1-4H3/b12-7+.